The topological polar surface area (TPSA) is 90.1 Å². The van der Waals surface area contributed by atoms with Crippen LogP contribution in [0.25, 0.3) is 10.8 Å². The van der Waals surface area contributed by atoms with Crippen LogP contribution in [0.1, 0.15) is 21.8 Å². The molecular weight excluding hydrogens is 328 g/mol. The van der Waals surface area contributed by atoms with E-state index in [1.807, 2.05) is 25.1 Å². The summed E-state index contributed by atoms with van der Waals surface area (Å²) in [5.41, 5.74) is 2.19. The molecule has 3 aromatic rings. The third-order valence-corrected chi connectivity index (χ3v) is 4.53. The van der Waals surface area contributed by atoms with Crippen molar-refractivity contribution in [2.24, 2.45) is 0 Å². The molecule has 1 aliphatic heterocycles. The number of aryl methyl sites for hydroxylation is 1. The molecule has 1 aliphatic rings. The fourth-order valence-corrected chi connectivity index (χ4v) is 3.19. The number of ether oxygens (including phenoxy) is 1. The van der Waals surface area contributed by atoms with Gasteiger partial charge in [0.05, 0.1) is 6.04 Å². The first-order valence-corrected chi connectivity index (χ1v) is 8.25. The molecule has 0 saturated carbocycles. The van der Waals surface area contributed by atoms with Crippen molar-refractivity contribution in [1.29, 1.82) is 0 Å². The Balaban J connectivity index is 1.45. The summed E-state index contributed by atoms with van der Waals surface area (Å²) >= 11 is 1.23. The van der Waals surface area contributed by atoms with Gasteiger partial charge in [0.25, 0.3) is 5.89 Å². The molecular formula is C16H14N4O3S. The van der Waals surface area contributed by atoms with Crippen molar-refractivity contribution in [3.05, 3.63) is 47.5 Å². The van der Waals surface area contributed by atoms with Crippen molar-refractivity contribution < 1.29 is 13.9 Å². The molecule has 1 N–H and O–H groups in total. The fourth-order valence-electron chi connectivity index (χ4n) is 2.67. The zero-order valence-electron chi connectivity index (χ0n) is 12.9. The molecule has 7 nitrogen and oxygen atoms in total. The van der Waals surface area contributed by atoms with Crippen molar-refractivity contribution in [3.8, 4) is 16.5 Å². The van der Waals surface area contributed by atoms with E-state index in [9.17, 15) is 4.79 Å². The van der Waals surface area contributed by atoms with Gasteiger partial charge in [0.2, 0.25) is 0 Å². The van der Waals surface area contributed by atoms with Gasteiger partial charge in [-0.3, -0.25) is 4.79 Å². The number of benzene rings is 1. The second-order valence-electron chi connectivity index (χ2n) is 5.54. The first-order chi connectivity index (χ1) is 11.7. The summed E-state index contributed by atoms with van der Waals surface area (Å²) in [6.07, 6.45) is 2.35. The van der Waals surface area contributed by atoms with Crippen molar-refractivity contribution in [2.75, 3.05) is 6.61 Å². The number of hydrogen-bond acceptors (Lipinski definition) is 7. The van der Waals surface area contributed by atoms with Crippen molar-refractivity contribution >= 4 is 17.4 Å². The molecule has 24 heavy (non-hydrogen) atoms. The Kier molecular flexibility index (Phi) is 3.73. The molecule has 1 aromatic carbocycles. The predicted octanol–water partition coefficient (Wildman–Crippen LogP) is 2.24. The molecule has 1 unspecified atom stereocenters. The van der Waals surface area contributed by atoms with Crippen molar-refractivity contribution in [3.63, 3.8) is 0 Å². The van der Waals surface area contributed by atoms with E-state index in [0.717, 1.165) is 21.8 Å². The van der Waals surface area contributed by atoms with Gasteiger partial charge in [-0.15, -0.1) is 10.2 Å². The number of hydrogen-bond donors (Lipinski definition) is 1. The van der Waals surface area contributed by atoms with E-state index in [2.05, 4.69) is 19.9 Å². The molecule has 0 fully saturated rings. The van der Waals surface area contributed by atoms with Gasteiger partial charge in [-0.2, -0.15) is 0 Å². The second kappa shape index (κ2) is 6.04. The summed E-state index contributed by atoms with van der Waals surface area (Å²) in [7, 11) is 0. The summed E-state index contributed by atoms with van der Waals surface area (Å²) in [6.45, 7) is 2.43. The lowest BCUT2D eigenvalue weighted by Crippen LogP contribution is -2.43. The minimum absolute atomic E-state index is 0.0616. The van der Waals surface area contributed by atoms with Crippen LogP contribution in [0.3, 0.4) is 0 Å². The minimum atomic E-state index is -0.400. The first kappa shape index (κ1) is 14.8. The van der Waals surface area contributed by atoms with Gasteiger partial charge in [-0.1, -0.05) is 18.2 Å². The highest BCUT2D eigenvalue weighted by atomic mass is 32.1. The quantitative estimate of drug-likeness (QED) is 0.785. The van der Waals surface area contributed by atoms with Gasteiger partial charge in [-0.25, -0.2) is 4.37 Å². The molecule has 0 bridgehead atoms. The third-order valence-electron chi connectivity index (χ3n) is 3.79. The number of para-hydroxylation sites is 1. The Morgan fingerprint density at radius 3 is 3.08 bits per heavy atom. The molecule has 2 aromatic heterocycles. The van der Waals surface area contributed by atoms with Gasteiger partial charge in [0, 0.05) is 6.20 Å². The van der Waals surface area contributed by atoms with Crippen molar-refractivity contribution in [1.82, 2.24) is 19.9 Å². The third kappa shape index (κ3) is 2.76. The molecule has 0 saturated heterocycles. The van der Waals surface area contributed by atoms with Crippen LogP contribution in [-0.4, -0.2) is 33.1 Å². The molecule has 8 heteroatoms. The highest BCUT2D eigenvalue weighted by Gasteiger charge is 2.25. The Labute approximate surface area is 141 Å². The normalized spacial score (nSPS) is 16.3. The van der Waals surface area contributed by atoms with Crippen LogP contribution in [0, 0.1) is 6.92 Å². The predicted molar refractivity (Wildman–Crippen MR) is 87.0 cm³/mol. The summed E-state index contributed by atoms with van der Waals surface area (Å²) in [4.78, 5) is 13.0. The summed E-state index contributed by atoms with van der Waals surface area (Å²) in [5, 5.41) is 10.6. The smallest absolute Gasteiger partial charge is 0.309 e. The molecule has 4 rings (SSSR count). The number of nitrogens with zero attached hydrogens (tertiary/aromatic N) is 3. The zero-order valence-corrected chi connectivity index (χ0v) is 13.7. The summed E-state index contributed by atoms with van der Waals surface area (Å²) in [6, 6.07) is 7.63. The monoisotopic (exact) mass is 342 g/mol. The summed E-state index contributed by atoms with van der Waals surface area (Å²) in [5.74, 6) is 0.744. The molecule has 1 amide bonds. The standard InChI is InChI=1S/C16H14N4O3S/c1-9-3-2-4-10-7-11(8-22-13(9)10)18-14(21)16-20-19-15(23-16)12-5-6-17-24-12/h2-6,11H,7-8H2,1H3,(H,18,21). The Hall–Kier alpha value is -2.74. The SMILES string of the molecule is Cc1cccc2c1OCC(NC(=O)c1nnc(-c3ccns3)o1)C2. The molecule has 0 aliphatic carbocycles. The first-order valence-electron chi connectivity index (χ1n) is 7.47. The lowest BCUT2D eigenvalue weighted by Gasteiger charge is -2.26. The minimum Gasteiger partial charge on any atom is -0.491 e. The van der Waals surface area contributed by atoms with E-state index in [-0.39, 0.29) is 11.9 Å². The lowest BCUT2D eigenvalue weighted by molar-refractivity contribution is 0.0881. The average molecular weight is 342 g/mol. The Bertz CT molecular complexity index is 875. The summed E-state index contributed by atoms with van der Waals surface area (Å²) < 4.78 is 15.2. The number of carbonyl (C=O) groups is 1. The van der Waals surface area contributed by atoms with E-state index in [0.29, 0.717) is 18.9 Å². The highest BCUT2D eigenvalue weighted by molar-refractivity contribution is 7.09. The fraction of sp³-hybridized carbons (Fsp3) is 0.250. The second-order valence-corrected chi connectivity index (χ2v) is 6.37. The van der Waals surface area contributed by atoms with Crippen LogP contribution < -0.4 is 10.1 Å². The van der Waals surface area contributed by atoms with Crippen LogP contribution in [0.5, 0.6) is 5.75 Å². The number of aromatic nitrogens is 3. The number of fused-ring (bicyclic) bond motifs is 1. The van der Waals surface area contributed by atoms with Gasteiger partial charge in [0.15, 0.2) is 0 Å². The van der Waals surface area contributed by atoms with Crippen LogP contribution in [0.4, 0.5) is 0 Å². The van der Waals surface area contributed by atoms with E-state index in [1.54, 1.807) is 12.3 Å². The van der Waals surface area contributed by atoms with Gasteiger partial charge in [-0.05, 0) is 42.1 Å². The van der Waals surface area contributed by atoms with E-state index < -0.39 is 5.91 Å². The Morgan fingerprint density at radius 1 is 1.33 bits per heavy atom. The van der Waals surface area contributed by atoms with E-state index >= 15 is 0 Å². The van der Waals surface area contributed by atoms with Crippen LogP contribution in [0.15, 0.2) is 34.9 Å². The maximum atomic E-state index is 12.3. The van der Waals surface area contributed by atoms with Gasteiger partial charge in [0.1, 0.15) is 17.2 Å². The average Bonchev–Trinajstić information content (AvgIpc) is 3.26. The Morgan fingerprint density at radius 2 is 2.25 bits per heavy atom. The van der Waals surface area contributed by atoms with E-state index in [4.69, 9.17) is 9.15 Å². The van der Waals surface area contributed by atoms with Gasteiger partial charge >= 0.3 is 11.8 Å². The molecule has 122 valence electrons. The maximum absolute atomic E-state index is 12.3. The number of amides is 1. The molecule has 3 heterocycles. The molecule has 0 spiro atoms. The lowest BCUT2D eigenvalue weighted by atomic mass is 10.00. The molecule has 0 radical (unpaired) electrons. The maximum Gasteiger partial charge on any atom is 0.309 e. The van der Waals surface area contributed by atoms with Gasteiger partial charge < -0.3 is 14.5 Å². The highest BCUT2D eigenvalue weighted by Crippen LogP contribution is 2.28. The van der Waals surface area contributed by atoms with Crippen LogP contribution in [-0.2, 0) is 6.42 Å². The van der Waals surface area contributed by atoms with Crippen molar-refractivity contribution in [2.45, 2.75) is 19.4 Å². The van der Waals surface area contributed by atoms with E-state index in [1.165, 1.54) is 11.5 Å². The molecule has 1 atom stereocenters. The zero-order chi connectivity index (χ0) is 16.5. The van der Waals surface area contributed by atoms with Crippen LogP contribution in [0.2, 0.25) is 0 Å². The number of rotatable bonds is 3. The number of nitrogens with one attached hydrogen (secondary N) is 1. The number of carbonyl (C=O) groups excluding carboxylic acids is 1. The van der Waals surface area contributed by atoms with Crippen LogP contribution >= 0.6 is 11.5 Å². The largest absolute Gasteiger partial charge is 0.491 e.